The summed E-state index contributed by atoms with van der Waals surface area (Å²) >= 11 is 0. The van der Waals surface area contributed by atoms with Crippen molar-refractivity contribution in [3.05, 3.63) is 52.1 Å². The van der Waals surface area contributed by atoms with Crippen LogP contribution in [0, 0.1) is 21.8 Å². The lowest BCUT2D eigenvalue weighted by Gasteiger charge is -2.05. The molecule has 7 heteroatoms. The van der Waals surface area contributed by atoms with E-state index in [1.165, 1.54) is 16.8 Å². The van der Waals surface area contributed by atoms with Crippen LogP contribution < -0.4 is 5.32 Å². The quantitative estimate of drug-likeness (QED) is 0.656. The highest BCUT2D eigenvalue weighted by molar-refractivity contribution is 5.51. The van der Waals surface area contributed by atoms with Crippen LogP contribution in [0.15, 0.2) is 30.5 Å². The Hall–Kier alpha value is -2.28. The summed E-state index contributed by atoms with van der Waals surface area (Å²) in [4.78, 5) is 10.4. The Morgan fingerprint density at radius 1 is 1.43 bits per heavy atom. The lowest BCUT2D eigenvalue weighted by molar-refractivity contribution is -0.384. The topological polar surface area (TPSA) is 73.0 Å². The predicted octanol–water partition coefficient (Wildman–Crippen LogP) is 2.67. The number of aromatic nitrogens is 2. The van der Waals surface area contributed by atoms with E-state index in [4.69, 9.17) is 0 Å². The van der Waals surface area contributed by atoms with Gasteiger partial charge in [-0.05, 0) is 30.7 Å². The molecule has 1 N–H and O–H groups in total. The summed E-state index contributed by atoms with van der Waals surface area (Å²) in [5, 5.41) is 18.5. The second-order valence-electron chi connectivity index (χ2n) is 5.17. The van der Waals surface area contributed by atoms with Crippen molar-refractivity contribution in [2.75, 3.05) is 6.54 Å². The Morgan fingerprint density at radius 2 is 2.19 bits per heavy atom. The van der Waals surface area contributed by atoms with Gasteiger partial charge in [0.2, 0.25) is 0 Å². The lowest BCUT2D eigenvalue weighted by Crippen LogP contribution is -2.19. The van der Waals surface area contributed by atoms with Gasteiger partial charge in [0.25, 0.3) is 5.69 Å². The Bertz CT molecular complexity index is 640. The average Bonchev–Trinajstić information content (AvgIpc) is 2.86. The van der Waals surface area contributed by atoms with Gasteiger partial charge in [-0.1, -0.05) is 13.8 Å². The Kier molecular flexibility index (Phi) is 4.64. The highest BCUT2D eigenvalue weighted by Crippen LogP contribution is 2.23. The molecule has 0 fully saturated rings. The molecule has 0 bridgehead atoms. The summed E-state index contributed by atoms with van der Waals surface area (Å²) in [6.45, 7) is 5.66. The van der Waals surface area contributed by atoms with Gasteiger partial charge < -0.3 is 5.32 Å². The zero-order chi connectivity index (χ0) is 15.4. The van der Waals surface area contributed by atoms with E-state index in [2.05, 4.69) is 24.3 Å². The third-order valence-corrected chi connectivity index (χ3v) is 2.88. The molecule has 0 aliphatic carbocycles. The molecule has 0 spiro atoms. The van der Waals surface area contributed by atoms with Crippen LogP contribution in [-0.4, -0.2) is 21.2 Å². The first-order valence-electron chi connectivity index (χ1n) is 6.67. The number of rotatable bonds is 6. The van der Waals surface area contributed by atoms with E-state index in [1.807, 2.05) is 0 Å². The van der Waals surface area contributed by atoms with Gasteiger partial charge in [0.15, 0.2) is 0 Å². The molecule has 0 amide bonds. The van der Waals surface area contributed by atoms with Gasteiger partial charge in [-0.3, -0.25) is 10.1 Å². The zero-order valence-corrected chi connectivity index (χ0v) is 11.9. The summed E-state index contributed by atoms with van der Waals surface area (Å²) in [6, 6.07) is 5.21. The van der Waals surface area contributed by atoms with E-state index in [1.54, 1.807) is 12.3 Å². The van der Waals surface area contributed by atoms with Gasteiger partial charge >= 0.3 is 0 Å². The van der Waals surface area contributed by atoms with Crippen molar-refractivity contribution < 1.29 is 9.31 Å². The maximum atomic E-state index is 13.1. The standard InChI is InChI=1S/C14H17FN4O2/c1-10(2)8-16-9-12-5-6-18(17-12)13-4-3-11(15)7-14(13)19(20)21/h3-7,10,16H,8-9H2,1-2H3. The molecule has 0 saturated carbocycles. The second kappa shape index (κ2) is 6.45. The summed E-state index contributed by atoms with van der Waals surface area (Å²) in [5.41, 5.74) is 0.713. The molecule has 0 radical (unpaired) electrons. The van der Waals surface area contributed by atoms with Crippen LogP contribution in [0.2, 0.25) is 0 Å². The van der Waals surface area contributed by atoms with Crippen molar-refractivity contribution in [1.82, 2.24) is 15.1 Å². The summed E-state index contributed by atoms with van der Waals surface area (Å²) in [7, 11) is 0. The fourth-order valence-corrected chi connectivity index (χ4v) is 1.92. The molecule has 2 aromatic rings. The Labute approximate surface area is 121 Å². The van der Waals surface area contributed by atoms with Crippen LogP contribution in [0.3, 0.4) is 0 Å². The van der Waals surface area contributed by atoms with E-state index in [0.29, 0.717) is 12.5 Å². The first-order chi connectivity index (χ1) is 9.97. The fraction of sp³-hybridized carbons (Fsp3) is 0.357. The third-order valence-electron chi connectivity index (χ3n) is 2.88. The number of benzene rings is 1. The molecular formula is C14H17FN4O2. The Balaban J connectivity index is 2.19. The van der Waals surface area contributed by atoms with Crippen LogP contribution in [0.4, 0.5) is 10.1 Å². The monoisotopic (exact) mass is 292 g/mol. The van der Waals surface area contributed by atoms with Gasteiger partial charge in [0.05, 0.1) is 16.7 Å². The fourth-order valence-electron chi connectivity index (χ4n) is 1.92. The van der Waals surface area contributed by atoms with E-state index in [-0.39, 0.29) is 11.4 Å². The van der Waals surface area contributed by atoms with E-state index in [9.17, 15) is 14.5 Å². The van der Waals surface area contributed by atoms with Crippen LogP contribution in [0.5, 0.6) is 0 Å². The average molecular weight is 292 g/mol. The van der Waals surface area contributed by atoms with Crippen molar-refractivity contribution in [3.63, 3.8) is 0 Å². The number of nitro groups is 1. The van der Waals surface area contributed by atoms with Crippen molar-refractivity contribution in [2.24, 2.45) is 5.92 Å². The van der Waals surface area contributed by atoms with Gasteiger partial charge in [-0.25, -0.2) is 9.07 Å². The van der Waals surface area contributed by atoms with Crippen molar-refractivity contribution in [3.8, 4) is 5.69 Å². The number of nitrogens with zero attached hydrogens (tertiary/aromatic N) is 3. The summed E-state index contributed by atoms with van der Waals surface area (Å²) in [5.74, 6) is -0.110. The molecule has 0 aliphatic rings. The van der Waals surface area contributed by atoms with Crippen LogP contribution in [0.25, 0.3) is 5.69 Å². The van der Waals surface area contributed by atoms with Gasteiger partial charge in [-0.2, -0.15) is 5.10 Å². The summed E-state index contributed by atoms with van der Waals surface area (Å²) < 4.78 is 14.5. The maximum Gasteiger partial charge on any atom is 0.297 e. The molecule has 6 nitrogen and oxygen atoms in total. The normalized spacial score (nSPS) is 11.0. The van der Waals surface area contributed by atoms with Crippen LogP contribution >= 0.6 is 0 Å². The molecule has 1 aromatic carbocycles. The molecule has 2 rings (SSSR count). The van der Waals surface area contributed by atoms with E-state index < -0.39 is 10.7 Å². The van der Waals surface area contributed by atoms with Gasteiger partial charge in [0.1, 0.15) is 11.5 Å². The molecule has 0 aliphatic heterocycles. The van der Waals surface area contributed by atoms with Crippen molar-refractivity contribution >= 4 is 5.69 Å². The van der Waals surface area contributed by atoms with E-state index in [0.717, 1.165) is 18.3 Å². The number of nitrogens with one attached hydrogen (secondary N) is 1. The van der Waals surface area contributed by atoms with Gasteiger partial charge in [0, 0.05) is 12.7 Å². The molecule has 21 heavy (non-hydrogen) atoms. The van der Waals surface area contributed by atoms with Crippen LogP contribution in [-0.2, 0) is 6.54 Å². The van der Waals surface area contributed by atoms with Crippen LogP contribution in [0.1, 0.15) is 19.5 Å². The molecular weight excluding hydrogens is 275 g/mol. The first kappa shape index (κ1) is 15.1. The highest BCUT2D eigenvalue weighted by atomic mass is 19.1. The molecule has 112 valence electrons. The first-order valence-corrected chi connectivity index (χ1v) is 6.67. The smallest absolute Gasteiger partial charge is 0.297 e. The van der Waals surface area contributed by atoms with Gasteiger partial charge in [-0.15, -0.1) is 0 Å². The maximum absolute atomic E-state index is 13.1. The predicted molar refractivity (Wildman–Crippen MR) is 76.7 cm³/mol. The Morgan fingerprint density at radius 3 is 2.86 bits per heavy atom. The lowest BCUT2D eigenvalue weighted by atomic mass is 10.2. The second-order valence-corrected chi connectivity index (χ2v) is 5.17. The number of nitro benzene ring substituents is 1. The molecule has 0 unspecified atom stereocenters. The van der Waals surface area contributed by atoms with Crippen molar-refractivity contribution in [1.29, 1.82) is 0 Å². The largest absolute Gasteiger partial charge is 0.311 e. The molecule has 1 aromatic heterocycles. The minimum atomic E-state index is -0.642. The zero-order valence-electron chi connectivity index (χ0n) is 11.9. The molecule has 0 atom stereocenters. The highest BCUT2D eigenvalue weighted by Gasteiger charge is 2.17. The summed E-state index contributed by atoms with van der Waals surface area (Å²) in [6.07, 6.45) is 1.63. The molecule has 0 saturated heterocycles. The number of halogens is 1. The number of hydrogen-bond acceptors (Lipinski definition) is 4. The minimum absolute atomic E-state index is 0.247. The van der Waals surface area contributed by atoms with E-state index >= 15 is 0 Å². The number of hydrogen-bond donors (Lipinski definition) is 1. The molecule has 1 heterocycles. The third kappa shape index (κ3) is 3.85. The van der Waals surface area contributed by atoms with Crippen molar-refractivity contribution in [2.45, 2.75) is 20.4 Å². The minimum Gasteiger partial charge on any atom is -0.311 e. The SMILES string of the molecule is CC(C)CNCc1ccn(-c2ccc(F)cc2[N+](=O)[O-])n1.